The summed E-state index contributed by atoms with van der Waals surface area (Å²) >= 11 is 0. The second-order valence-corrected chi connectivity index (χ2v) is 11.7. The van der Waals surface area contributed by atoms with Gasteiger partial charge in [-0.25, -0.2) is 0 Å². The predicted octanol–water partition coefficient (Wildman–Crippen LogP) is 7.74. The molecule has 0 saturated heterocycles. The lowest BCUT2D eigenvalue weighted by atomic mass is 9.72. The summed E-state index contributed by atoms with van der Waals surface area (Å²) in [6.45, 7) is 11.2. The highest BCUT2D eigenvalue weighted by molar-refractivity contribution is 6.14. The van der Waals surface area contributed by atoms with Gasteiger partial charge in [0.15, 0.2) is 5.78 Å². The summed E-state index contributed by atoms with van der Waals surface area (Å²) in [5.41, 5.74) is 5.89. The summed E-state index contributed by atoms with van der Waals surface area (Å²) in [5, 5.41) is 20.3. The van der Waals surface area contributed by atoms with Crippen LogP contribution in [0.1, 0.15) is 62.5 Å². The Morgan fingerprint density at radius 3 is 2.21 bits per heavy atom. The monoisotopic (exact) mass is 503 g/mol. The largest absolute Gasteiger partial charge is 0.506 e. The van der Waals surface area contributed by atoms with Crippen LogP contribution in [0.5, 0.6) is 5.75 Å². The number of phenolic OH excluding ortho intramolecular Hbond substituents is 1. The maximum Gasteiger partial charge on any atom is 0.193 e. The molecule has 192 valence electrons. The minimum atomic E-state index is -0.102. The third-order valence-corrected chi connectivity index (χ3v) is 6.85. The number of carbonyl (C=O) groups excluding carboxylic acids is 1. The highest BCUT2D eigenvalue weighted by Gasteiger charge is 2.28. The van der Waals surface area contributed by atoms with Crippen molar-refractivity contribution >= 4 is 16.8 Å². The number of hydrogen-bond acceptors (Lipinski definition) is 4. The van der Waals surface area contributed by atoms with Gasteiger partial charge in [0.1, 0.15) is 22.5 Å². The number of benzene rings is 4. The van der Waals surface area contributed by atoms with Crippen molar-refractivity contribution in [3.8, 4) is 22.6 Å². The minimum absolute atomic E-state index is 0.0444. The SMILES string of the molecule is CC(C)(C)CC(C)(C)c1ccc(O)c(-n2nc3cccc(-c4ccccc4C(=O)c4ccccc4)c3n2)c1. The normalized spacial score (nSPS) is 12.1. The van der Waals surface area contributed by atoms with Gasteiger partial charge >= 0.3 is 0 Å². The van der Waals surface area contributed by atoms with Gasteiger partial charge in [-0.05, 0) is 46.6 Å². The van der Waals surface area contributed by atoms with Gasteiger partial charge in [0.05, 0.1) is 0 Å². The van der Waals surface area contributed by atoms with E-state index in [4.69, 9.17) is 10.2 Å². The molecule has 0 radical (unpaired) electrons. The number of rotatable bonds is 6. The van der Waals surface area contributed by atoms with Crippen molar-refractivity contribution < 1.29 is 9.90 Å². The fraction of sp³-hybridized carbons (Fsp3) is 0.242. The molecule has 5 nitrogen and oxygen atoms in total. The van der Waals surface area contributed by atoms with Crippen LogP contribution >= 0.6 is 0 Å². The van der Waals surface area contributed by atoms with Gasteiger partial charge in [-0.1, -0.05) is 107 Å². The molecule has 38 heavy (non-hydrogen) atoms. The molecule has 0 amide bonds. The summed E-state index contributed by atoms with van der Waals surface area (Å²) in [7, 11) is 0. The van der Waals surface area contributed by atoms with Gasteiger partial charge in [0, 0.05) is 16.7 Å². The first-order chi connectivity index (χ1) is 18.0. The quantitative estimate of drug-likeness (QED) is 0.241. The molecule has 1 heterocycles. The molecule has 0 unspecified atom stereocenters. The maximum atomic E-state index is 13.4. The van der Waals surface area contributed by atoms with Crippen LogP contribution < -0.4 is 0 Å². The lowest BCUT2D eigenvalue weighted by Gasteiger charge is -2.33. The van der Waals surface area contributed by atoms with Gasteiger partial charge in [-0.2, -0.15) is 0 Å². The minimum Gasteiger partial charge on any atom is -0.506 e. The molecule has 1 N–H and O–H groups in total. The van der Waals surface area contributed by atoms with E-state index in [1.54, 1.807) is 6.07 Å². The van der Waals surface area contributed by atoms with Gasteiger partial charge in [0.25, 0.3) is 0 Å². The summed E-state index contributed by atoms with van der Waals surface area (Å²) in [5.74, 6) is 0.0684. The third-order valence-electron chi connectivity index (χ3n) is 6.85. The fourth-order valence-electron chi connectivity index (χ4n) is 5.45. The van der Waals surface area contributed by atoms with E-state index in [1.807, 2.05) is 84.9 Å². The average molecular weight is 504 g/mol. The Morgan fingerprint density at radius 2 is 1.47 bits per heavy atom. The second kappa shape index (κ2) is 9.56. The molecule has 0 spiro atoms. The van der Waals surface area contributed by atoms with Gasteiger partial charge in [-0.15, -0.1) is 15.0 Å². The Balaban J connectivity index is 1.61. The smallest absolute Gasteiger partial charge is 0.193 e. The van der Waals surface area contributed by atoms with Crippen LogP contribution in [0.2, 0.25) is 0 Å². The zero-order valence-electron chi connectivity index (χ0n) is 22.6. The summed E-state index contributed by atoms with van der Waals surface area (Å²) in [6.07, 6.45) is 0.981. The molecule has 0 aliphatic carbocycles. The van der Waals surface area contributed by atoms with Crippen LogP contribution in [0.15, 0.2) is 91.0 Å². The highest BCUT2D eigenvalue weighted by atomic mass is 16.3. The molecule has 0 aliphatic rings. The number of ketones is 1. The third kappa shape index (κ3) is 4.97. The summed E-state index contributed by atoms with van der Waals surface area (Å²) in [6, 6.07) is 28.3. The Hall–Kier alpha value is -4.25. The van der Waals surface area contributed by atoms with Crippen LogP contribution in [0.3, 0.4) is 0 Å². The first-order valence-corrected chi connectivity index (χ1v) is 12.9. The molecule has 1 aromatic heterocycles. The highest BCUT2D eigenvalue weighted by Crippen LogP contribution is 2.38. The van der Waals surface area contributed by atoms with Crippen molar-refractivity contribution in [1.29, 1.82) is 0 Å². The topological polar surface area (TPSA) is 68.0 Å². The fourth-order valence-corrected chi connectivity index (χ4v) is 5.45. The summed E-state index contributed by atoms with van der Waals surface area (Å²) in [4.78, 5) is 14.9. The van der Waals surface area contributed by atoms with E-state index in [0.717, 1.165) is 23.1 Å². The van der Waals surface area contributed by atoms with Crippen LogP contribution in [0.25, 0.3) is 27.8 Å². The number of aromatic nitrogens is 3. The van der Waals surface area contributed by atoms with Gasteiger partial charge in [-0.3, -0.25) is 4.79 Å². The number of nitrogens with zero attached hydrogens (tertiary/aromatic N) is 3. The summed E-state index contributed by atoms with van der Waals surface area (Å²) < 4.78 is 0. The Kier molecular flexibility index (Phi) is 6.39. The van der Waals surface area contributed by atoms with Gasteiger partial charge < -0.3 is 5.11 Å². The molecule has 5 heteroatoms. The van der Waals surface area contributed by atoms with E-state index in [0.29, 0.717) is 27.8 Å². The first-order valence-electron chi connectivity index (χ1n) is 12.9. The molecule has 0 aliphatic heterocycles. The van der Waals surface area contributed by atoms with E-state index in [2.05, 4.69) is 34.6 Å². The van der Waals surface area contributed by atoms with E-state index in [9.17, 15) is 9.90 Å². The zero-order valence-corrected chi connectivity index (χ0v) is 22.6. The number of hydrogen-bond donors (Lipinski definition) is 1. The molecular weight excluding hydrogens is 470 g/mol. The second-order valence-electron chi connectivity index (χ2n) is 11.7. The van der Waals surface area contributed by atoms with Crippen molar-refractivity contribution in [2.24, 2.45) is 5.41 Å². The van der Waals surface area contributed by atoms with Crippen molar-refractivity contribution in [3.05, 3.63) is 108 Å². The molecule has 0 bridgehead atoms. The first kappa shape index (κ1) is 25.4. The van der Waals surface area contributed by atoms with E-state index in [-0.39, 0.29) is 22.4 Å². The molecule has 0 fully saturated rings. The van der Waals surface area contributed by atoms with E-state index >= 15 is 0 Å². The lowest BCUT2D eigenvalue weighted by molar-refractivity contribution is 0.103. The maximum absolute atomic E-state index is 13.4. The lowest BCUT2D eigenvalue weighted by Crippen LogP contribution is -2.25. The number of phenols is 1. The Bertz CT molecular complexity index is 1630. The predicted molar refractivity (Wildman–Crippen MR) is 153 cm³/mol. The molecular formula is C33H33N3O2. The number of carbonyl (C=O) groups is 1. The number of aromatic hydroxyl groups is 1. The van der Waals surface area contributed by atoms with Crippen molar-refractivity contribution in [3.63, 3.8) is 0 Å². The molecule has 5 aromatic rings. The van der Waals surface area contributed by atoms with Crippen molar-refractivity contribution in [2.75, 3.05) is 0 Å². The van der Waals surface area contributed by atoms with Gasteiger partial charge in [0.2, 0.25) is 0 Å². The zero-order chi connectivity index (χ0) is 27.1. The van der Waals surface area contributed by atoms with Crippen LogP contribution in [-0.2, 0) is 5.41 Å². The molecule has 0 atom stereocenters. The van der Waals surface area contributed by atoms with E-state index in [1.165, 1.54) is 4.80 Å². The molecule has 4 aromatic carbocycles. The van der Waals surface area contributed by atoms with Crippen LogP contribution in [-0.4, -0.2) is 25.9 Å². The van der Waals surface area contributed by atoms with E-state index < -0.39 is 0 Å². The van der Waals surface area contributed by atoms with Crippen LogP contribution in [0, 0.1) is 5.41 Å². The van der Waals surface area contributed by atoms with Crippen molar-refractivity contribution in [1.82, 2.24) is 15.0 Å². The molecule has 0 saturated carbocycles. The standard InChI is InChI=1S/C33H33N3O2/c1-32(2,3)21-33(4,5)23-18-19-29(37)28(20-23)36-34-27-17-11-16-25(30(27)35-36)24-14-9-10-15-26(24)31(38)22-12-7-6-8-13-22/h6-20,37H,21H2,1-5H3. The Labute approximate surface area is 223 Å². The average Bonchev–Trinajstić information content (AvgIpc) is 3.32. The number of fused-ring (bicyclic) bond motifs is 1. The van der Waals surface area contributed by atoms with Crippen LogP contribution in [0.4, 0.5) is 0 Å². The molecule has 5 rings (SSSR count). The van der Waals surface area contributed by atoms with Crippen molar-refractivity contribution in [2.45, 2.75) is 46.5 Å². The Morgan fingerprint density at radius 1 is 0.789 bits per heavy atom.